The number of fused-ring (bicyclic) bond motifs is 1. The van der Waals surface area contributed by atoms with E-state index < -0.39 is 28.9 Å². The van der Waals surface area contributed by atoms with Crippen molar-refractivity contribution in [2.45, 2.75) is 13.3 Å². The van der Waals surface area contributed by atoms with Gasteiger partial charge in [-0.3, -0.25) is 9.59 Å². The van der Waals surface area contributed by atoms with E-state index in [0.29, 0.717) is 23.0 Å². The number of nitrogens with one attached hydrogen (secondary N) is 2. The summed E-state index contributed by atoms with van der Waals surface area (Å²) < 4.78 is 38.9. The number of amides is 2. The van der Waals surface area contributed by atoms with Crippen molar-refractivity contribution in [2.75, 3.05) is 17.7 Å². The van der Waals surface area contributed by atoms with Gasteiger partial charge in [-0.1, -0.05) is 6.92 Å². The van der Waals surface area contributed by atoms with Gasteiger partial charge < -0.3 is 25.2 Å². The largest absolute Gasteiger partial charge is 0.504 e. The third-order valence-corrected chi connectivity index (χ3v) is 6.52. The Labute approximate surface area is 215 Å². The molecule has 194 valence electrons. The summed E-state index contributed by atoms with van der Waals surface area (Å²) in [6, 6.07) is 11.9. The molecule has 0 spiro atoms. The van der Waals surface area contributed by atoms with Crippen LogP contribution in [0.4, 0.5) is 20.2 Å². The number of methoxy groups -OCH3 is 1. The highest BCUT2D eigenvalue weighted by Crippen LogP contribution is 2.53. The number of rotatable bonds is 7. The number of hydrogen-bond donors (Lipinski definition) is 3. The monoisotopic (exact) mass is 520 g/mol. The van der Waals surface area contributed by atoms with E-state index in [4.69, 9.17) is 9.47 Å². The second-order valence-corrected chi connectivity index (χ2v) is 8.96. The lowest BCUT2D eigenvalue weighted by Crippen LogP contribution is -2.37. The van der Waals surface area contributed by atoms with Crippen LogP contribution >= 0.6 is 0 Å². The number of nitrogens with zero attached hydrogens (tertiary/aromatic N) is 2. The summed E-state index contributed by atoms with van der Waals surface area (Å²) in [7, 11) is 1.39. The van der Waals surface area contributed by atoms with Gasteiger partial charge in [-0.25, -0.2) is 18.7 Å². The molecule has 1 unspecified atom stereocenters. The fraction of sp³-hybridized carbons (Fsp3) is 0.185. The van der Waals surface area contributed by atoms with Gasteiger partial charge in [0.25, 0.3) is 0 Å². The van der Waals surface area contributed by atoms with Crippen molar-refractivity contribution in [2.24, 2.45) is 11.3 Å². The molecular weight excluding hydrogens is 498 g/mol. The first-order valence-corrected chi connectivity index (χ1v) is 11.6. The molecule has 1 aromatic heterocycles. The number of phenolic OH excluding ortho intramolecular Hbond substituents is 1. The molecule has 5 rings (SSSR count). The number of halogens is 2. The SMILES string of the molecule is COc1cc2c(Oc3ccc(NC(=O)C4(C(=O)Nc5ccc(F)cc5)C[C@H]4C)cc3F)ncnc2cc1O. The fourth-order valence-electron chi connectivity index (χ4n) is 4.24. The lowest BCUT2D eigenvalue weighted by molar-refractivity contribution is -0.131. The lowest BCUT2D eigenvalue weighted by atomic mass is 10.0. The van der Waals surface area contributed by atoms with Gasteiger partial charge >= 0.3 is 0 Å². The average Bonchev–Trinajstić information content (AvgIpc) is 3.59. The number of ether oxygens (including phenoxy) is 2. The van der Waals surface area contributed by atoms with Crippen molar-refractivity contribution in [3.8, 4) is 23.1 Å². The molecule has 11 heteroatoms. The Morgan fingerprint density at radius 1 is 0.974 bits per heavy atom. The first-order chi connectivity index (χ1) is 18.2. The van der Waals surface area contributed by atoms with E-state index >= 15 is 0 Å². The van der Waals surface area contributed by atoms with Crippen molar-refractivity contribution in [3.63, 3.8) is 0 Å². The molecule has 1 fully saturated rings. The highest BCUT2D eigenvalue weighted by atomic mass is 19.1. The Hall–Kier alpha value is -4.80. The van der Waals surface area contributed by atoms with Crippen LogP contribution in [0.25, 0.3) is 10.9 Å². The molecule has 0 aliphatic heterocycles. The zero-order valence-corrected chi connectivity index (χ0v) is 20.3. The minimum absolute atomic E-state index is 0.0345. The van der Waals surface area contributed by atoms with Crippen LogP contribution in [0.15, 0.2) is 60.9 Å². The second-order valence-electron chi connectivity index (χ2n) is 8.96. The van der Waals surface area contributed by atoms with Gasteiger partial charge in [0, 0.05) is 23.5 Å². The van der Waals surface area contributed by atoms with E-state index in [1.165, 1.54) is 62.0 Å². The quantitative estimate of drug-likeness (QED) is 0.293. The molecule has 3 N–H and O–H groups in total. The smallest absolute Gasteiger partial charge is 0.240 e. The number of carbonyl (C=O) groups is 2. The fourth-order valence-corrected chi connectivity index (χ4v) is 4.24. The lowest BCUT2D eigenvalue weighted by Gasteiger charge is -2.17. The Morgan fingerprint density at radius 3 is 2.26 bits per heavy atom. The van der Waals surface area contributed by atoms with Crippen LogP contribution in [0.2, 0.25) is 0 Å². The van der Waals surface area contributed by atoms with Crippen molar-refractivity contribution in [1.82, 2.24) is 9.97 Å². The van der Waals surface area contributed by atoms with E-state index in [1.54, 1.807) is 6.92 Å². The second kappa shape index (κ2) is 9.58. The molecule has 1 saturated carbocycles. The maximum absolute atomic E-state index is 15.0. The zero-order valence-electron chi connectivity index (χ0n) is 20.3. The molecule has 1 heterocycles. The van der Waals surface area contributed by atoms with Crippen LogP contribution in [-0.2, 0) is 9.59 Å². The van der Waals surface area contributed by atoms with Crippen LogP contribution in [0.5, 0.6) is 23.1 Å². The average molecular weight is 520 g/mol. The number of carbonyl (C=O) groups excluding carboxylic acids is 2. The molecule has 3 aromatic carbocycles. The molecule has 2 atom stereocenters. The first-order valence-electron chi connectivity index (χ1n) is 11.6. The number of benzene rings is 3. The molecule has 1 aliphatic carbocycles. The van der Waals surface area contributed by atoms with Gasteiger partial charge in [0.2, 0.25) is 17.7 Å². The normalized spacial score (nSPS) is 18.1. The molecule has 0 saturated heterocycles. The highest BCUT2D eigenvalue weighted by molar-refractivity contribution is 6.17. The highest BCUT2D eigenvalue weighted by Gasteiger charge is 2.63. The van der Waals surface area contributed by atoms with Crippen LogP contribution in [-0.4, -0.2) is 34.0 Å². The van der Waals surface area contributed by atoms with E-state index in [0.717, 1.165) is 6.07 Å². The van der Waals surface area contributed by atoms with Gasteiger partial charge in [-0.2, -0.15) is 0 Å². The number of hydrogen-bond acceptors (Lipinski definition) is 7. The third kappa shape index (κ3) is 4.54. The predicted molar refractivity (Wildman–Crippen MR) is 134 cm³/mol. The summed E-state index contributed by atoms with van der Waals surface area (Å²) >= 11 is 0. The summed E-state index contributed by atoms with van der Waals surface area (Å²) in [5.41, 5.74) is -0.474. The molecule has 9 nitrogen and oxygen atoms in total. The Kier molecular flexibility index (Phi) is 6.27. The van der Waals surface area contributed by atoms with Gasteiger partial charge in [-0.05, 0) is 54.8 Å². The zero-order chi connectivity index (χ0) is 27.0. The number of aromatic nitrogens is 2. The van der Waals surface area contributed by atoms with Gasteiger partial charge in [0.05, 0.1) is 18.0 Å². The Morgan fingerprint density at radius 2 is 1.63 bits per heavy atom. The Bertz CT molecular complexity index is 1560. The molecule has 38 heavy (non-hydrogen) atoms. The number of phenols is 1. The molecule has 0 bridgehead atoms. The summed E-state index contributed by atoms with van der Waals surface area (Å²) in [5.74, 6) is -2.65. The van der Waals surface area contributed by atoms with Crippen LogP contribution in [0.1, 0.15) is 13.3 Å². The number of anilines is 2. The number of aromatic hydroxyl groups is 1. The van der Waals surface area contributed by atoms with Crippen molar-refractivity contribution in [1.29, 1.82) is 0 Å². The summed E-state index contributed by atoms with van der Waals surface area (Å²) in [6.45, 7) is 1.77. The molecule has 2 amide bonds. The third-order valence-electron chi connectivity index (χ3n) is 6.52. The maximum Gasteiger partial charge on any atom is 0.240 e. The van der Waals surface area contributed by atoms with E-state index in [-0.39, 0.29) is 34.7 Å². The molecule has 4 aromatic rings. The van der Waals surface area contributed by atoms with Gasteiger partial charge in [0.15, 0.2) is 23.1 Å². The summed E-state index contributed by atoms with van der Waals surface area (Å²) in [5, 5.41) is 15.6. The maximum atomic E-state index is 15.0. The van der Waals surface area contributed by atoms with E-state index in [9.17, 15) is 23.5 Å². The van der Waals surface area contributed by atoms with Gasteiger partial charge in [-0.15, -0.1) is 0 Å². The van der Waals surface area contributed by atoms with E-state index in [2.05, 4.69) is 20.6 Å². The van der Waals surface area contributed by atoms with Crippen LogP contribution < -0.4 is 20.1 Å². The minimum Gasteiger partial charge on any atom is -0.504 e. The van der Waals surface area contributed by atoms with Crippen molar-refractivity contribution >= 4 is 34.1 Å². The molecule has 1 aliphatic rings. The molecular formula is C27H22F2N4O5. The topological polar surface area (TPSA) is 123 Å². The molecule has 0 radical (unpaired) electrons. The van der Waals surface area contributed by atoms with Crippen molar-refractivity contribution in [3.05, 3.63) is 72.6 Å². The van der Waals surface area contributed by atoms with Crippen LogP contribution in [0, 0.1) is 23.0 Å². The van der Waals surface area contributed by atoms with E-state index in [1.807, 2.05) is 0 Å². The first kappa shape index (κ1) is 24.9. The van der Waals surface area contributed by atoms with Gasteiger partial charge in [0.1, 0.15) is 17.6 Å². The Balaban J connectivity index is 1.32. The summed E-state index contributed by atoms with van der Waals surface area (Å²) in [6.07, 6.45) is 1.53. The summed E-state index contributed by atoms with van der Waals surface area (Å²) in [4.78, 5) is 34.1. The standard InChI is InChI=1S/C27H22F2N4O5/c1-14-12-27(14,25(35)32-16-5-3-15(28)4-6-16)26(36)33-17-7-8-22(19(29)9-17)38-24-18-10-23(37-2)21(34)11-20(18)30-13-31-24/h3-11,13-14,34H,12H2,1-2H3,(H,32,35)(H,33,36)/t14-,27?/m1/s1. The minimum atomic E-state index is -1.33. The van der Waals surface area contributed by atoms with Crippen LogP contribution in [0.3, 0.4) is 0 Å². The predicted octanol–water partition coefficient (Wildman–Crippen LogP) is 5.02. The van der Waals surface area contributed by atoms with Crippen molar-refractivity contribution < 1.29 is 33.0 Å².